The molecule has 1 aliphatic rings. The number of fused-ring (bicyclic) bond motifs is 3. The van der Waals surface area contributed by atoms with Crippen LogP contribution in [0.5, 0.6) is 0 Å². The Morgan fingerprint density at radius 2 is 2.00 bits per heavy atom. The number of thiophene rings is 1. The maximum atomic E-state index is 6.26. The second-order valence-electron chi connectivity index (χ2n) is 5.69. The van der Waals surface area contributed by atoms with Crippen molar-refractivity contribution < 1.29 is 0 Å². The van der Waals surface area contributed by atoms with E-state index in [0.29, 0.717) is 5.82 Å². The quantitative estimate of drug-likeness (QED) is 0.734. The van der Waals surface area contributed by atoms with Gasteiger partial charge in [-0.15, -0.1) is 11.3 Å². The predicted octanol–water partition coefficient (Wildman–Crippen LogP) is 4.13. The van der Waals surface area contributed by atoms with Crippen LogP contribution in [-0.2, 0) is 12.8 Å². The number of nitrogens with two attached hydrogens (primary N) is 1. The van der Waals surface area contributed by atoms with Gasteiger partial charge >= 0.3 is 0 Å². The van der Waals surface area contributed by atoms with Crippen molar-refractivity contribution in [1.29, 1.82) is 0 Å². The van der Waals surface area contributed by atoms with E-state index in [-0.39, 0.29) is 0 Å². The Morgan fingerprint density at radius 3 is 2.86 bits per heavy atom. The lowest BCUT2D eigenvalue weighted by Gasteiger charge is -2.10. The average Bonchev–Trinajstić information content (AvgIpc) is 2.86. The molecule has 0 bridgehead atoms. The van der Waals surface area contributed by atoms with Crippen molar-refractivity contribution in [2.24, 2.45) is 0 Å². The van der Waals surface area contributed by atoms with Crippen LogP contribution >= 0.6 is 11.3 Å². The van der Waals surface area contributed by atoms with Gasteiger partial charge in [-0.3, -0.25) is 0 Å². The monoisotopic (exact) mass is 295 g/mol. The summed E-state index contributed by atoms with van der Waals surface area (Å²) < 4.78 is 0. The van der Waals surface area contributed by atoms with Gasteiger partial charge in [-0.05, 0) is 44.2 Å². The summed E-state index contributed by atoms with van der Waals surface area (Å²) in [4.78, 5) is 11.9. The first-order chi connectivity index (χ1) is 10.2. The normalized spacial score (nSPS) is 14.3. The molecule has 21 heavy (non-hydrogen) atoms. The van der Waals surface area contributed by atoms with E-state index in [0.717, 1.165) is 34.4 Å². The first-order valence-electron chi connectivity index (χ1n) is 7.37. The van der Waals surface area contributed by atoms with Gasteiger partial charge in [0.15, 0.2) is 5.82 Å². The first-order valence-corrected chi connectivity index (χ1v) is 8.19. The minimum Gasteiger partial charge on any atom is -0.383 e. The van der Waals surface area contributed by atoms with Gasteiger partial charge in [0.05, 0.1) is 5.39 Å². The maximum absolute atomic E-state index is 6.26. The fourth-order valence-electron chi connectivity index (χ4n) is 3.10. The van der Waals surface area contributed by atoms with Gasteiger partial charge in [-0.2, -0.15) is 0 Å². The van der Waals surface area contributed by atoms with Gasteiger partial charge in [0, 0.05) is 10.4 Å². The number of nitrogens with zero attached hydrogens (tertiary/aromatic N) is 2. The summed E-state index contributed by atoms with van der Waals surface area (Å²) in [5, 5.41) is 1.10. The molecule has 106 valence electrons. The van der Waals surface area contributed by atoms with Crippen LogP contribution in [-0.4, -0.2) is 9.97 Å². The van der Waals surface area contributed by atoms with Gasteiger partial charge in [0.2, 0.25) is 0 Å². The molecule has 2 heterocycles. The fourth-order valence-corrected chi connectivity index (χ4v) is 4.37. The lowest BCUT2D eigenvalue weighted by molar-refractivity contribution is 0.700. The highest BCUT2D eigenvalue weighted by molar-refractivity contribution is 7.19. The molecule has 0 atom stereocenters. The number of anilines is 1. The number of hydrogen-bond donors (Lipinski definition) is 1. The summed E-state index contributed by atoms with van der Waals surface area (Å²) >= 11 is 1.80. The molecule has 0 aliphatic heterocycles. The van der Waals surface area contributed by atoms with Crippen LogP contribution in [0.2, 0.25) is 0 Å². The van der Waals surface area contributed by atoms with Gasteiger partial charge < -0.3 is 5.73 Å². The number of aryl methyl sites for hydroxylation is 3. The minimum atomic E-state index is 0.635. The van der Waals surface area contributed by atoms with Gasteiger partial charge in [0.25, 0.3) is 0 Å². The predicted molar refractivity (Wildman–Crippen MR) is 88.6 cm³/mol. The third kappa shape index (κ3) is 2.10. The van der Waals surface area contributed by atoms with Crippen molar-refractivity contribution in [3.8, 4) is 11.4 Å². The molecule has 1 aromatic carbocycles. The minimum absolute atomic E-state index is 0.635. The Labute approximate surface area is 127 Å². The molecule has 0 fully saturated rings. The largest absolute Gasteiger partial charge is 0.383 e. The van der Waals surface area contributed by atoms with Crippen LogP contribution in [0.3, 0.4) is 0 Å². The van der Waals surface area contributed by atoms with E-state index in [9.17, 15) is 0 Å². The molecule has 4 heteroatoms. The zero-order chi connectivity index (χ0) is 14.4. The molecule has 0 saturated carbocycles. The van der Waals surface area contributed by atoms with Gasteiger partial charge in [-0.25, -0.2) is 9.97 Å². The summed E-state index contributed by atoms with van der Waals surface area (Å²) in [7, 11) is 0. The number of hydrogen-bond acceptors (Lipinski definition) is 4. The SMILES string of the molecule is Cc1cccc(-c2nc(N)c3c4c(sc3n2)CCCC4)c1. The van der Waals surface area contributed by atoms with Crippen molar-refractivity contribution >= 4 is 27.4 Å². The number of aromatic nitrogens is 2. The highest BCUT2D eigenvalue weighted by Crippen LogP contribution is 2.38. The van der Waals surface area contributed by atoms with Crippen molar-refractivity contribution in [2.45, 2.75) is 32.6 Å². The molecule has 0 unspecified atom stereocenters. The summed E-state index contributed by atoms with van der Waals surface area (Å²) in [6.45, 7) is 2.08. The van der Waals surface area contributed by atoms with Crippen LogP contribution in [0.4, 0.5) is 5.82 Å². The average molecular weight is 295 g/mol. The molecular weight excluding hydrogens is 278 g/mol. The fraction of sp³-hybridized carbons (Fsp3) is 0.294. The van der Waals surface area contributed by atoms with Crippen molar-refractivity contribution in [3.05, 3.63) is 40.3 Å². The third-order valence-electron chi connectivity index (χ3n) is 4.12. The molecule has 0 saturated heterocycles. The molecule has 2 aromatic heterocycles. The Hall–Kier alpha value is -1.94. The first kappa shape index (κ1) is 12.8. The second-order valence-corrected chi connectivity index (χ2v) is 6.78. The van der Waals surface area contributed by atoms with E-state index in [1.165, 1.54) is 28.8 Å². The summed E-state index contributed by atoms with van der Waals surface area (Å²) in [6, 6.07) is 8.26. The van der Waals surface area contributed by atoms with Crippen LogP contribution in [0.25, 0.3) is 21.6 Å². The standard InChI is InChI=1S/C17H17N3S/c1-10-5-4-6-11(9-10)16-19-15(18)14-12-7-2-3-8-13(12)21-17(14)20-16/h4-6,9H,2-3,7-8H2,1H3,(H2,18,19,20). The molecule has 2 N–H and O–H groups in total. The van der Waals surface area contributed by atoms with Crippen LogP contribution in [0.15, 0.2) is 24.3 Å². The van der Waals surface area contributed by atoms with Crippen LogP contribution in [0, 0.1) is 6.92 Å². The zero-order valence-corrected chi connectivity index (χ0v) is 12.8. The van der Waals surface area contributed by atoms with E-state index < -0.39 is 0 Å². The second kappa shape index (κ2) is 4.81. The third-order valence-corrected chi connectivity index (χ3v) is 5.30. The Morgan fingerprint density at radius 1 is 1.14 bits per heavy atom. The van der Waals surface area contributed by atoms with Crippen LogP contribution < -0.4 is 5.73 Å². The van der Waals surface area contributed by atoms with E-state index in [1.54, 1.807) is 11.3 Å². The Kier molecular flexibility index (Phi) is 2.93. The highest BCUT2D eigenvalue weighted by Gasteiger charge is 2.20. The lowest BCUT2D eigenvalue weighted by Crippen LogP contribution is -2.01. The van der Waals surface area contributed by atoms with E-state index in [4.69, 9.17) is 10.7 Å². The lowest BCUT2D eigenvalue weighted by atomic mass is 9.97. The van der Waals surface area contributed by atoms with Crippen molar-refractivity contribution in [1.82, 2.24) is 9.97 Å². The van der Waals surface area contributed by atoms with E-state index in [2.05, 4.69) is 24.0 Å². The molecule has 3 nitrogen and oxygen atoms in total. The molecule has 0 amide bonds. The molecule has 0 radical (unpaired) electrons. The zero-order valence-electron chi connectivity index (χ0n) is 12.0. The van der Waals surface area contributed by atoms with Crippen LogP contribution in [0.1, 0.15) is 28.8 Å². The number of rotatable bonds is 1. The topological polar surface area (TPSA) is 51.8 Å². The number of nitrogen functional groups attached to an aromatic ring is 1. The Balaban J connectivity index is 1.93. The molecule has 0 spiro atoms. The Bertz CT molecular complexity index is 835. The molecule has 1 aliphatic carbocycles. The van der Waals surface area contributed by atoms with E-state index >= 15 is 0 Å². The summed E-state index contributed by atoms with van der Waals surface area (Å²) in [5.74, 6) is 1.37. The molecular formula is C17H17N3S. The van der Waals surface area contributed by atoms with Crippen molar-refractivity contribution in [2.75, 3.05) is 5.73 Å². The maximum Gasteiger partial charge on any atom is 0.163 e. The molecule has 3 aromatic rings. The number of benzene rings is 1. The highest BCUT2D eigenvalue weighted by atomic mass is 32.1. The summed E-state index contributed by atoms with van der Waals surface area (Å²) in [5.41, 5.74) is 9.90. The smallest absolute Gasteiger partial charge is 0.163 e. The summed E-state index contributed by atoms with van der Waals surface area (Å²) in [6.07, 6.45) is 4.80. The van der Waals surface area contributed by atoms with Gasteiger partial charge in [0.1, 0.15) is 10.6 Å². The molecule has 4 rings (SSSR count). The van der Waals surface area contributed by atoms with E-state index in [1.807, 2.05) is 12.1 Å². The van der Waals surface area contributed by atoms with Crippen molar-refractivity contribution in [3.63, 3.8) is 0 Å². The van der Waals surface area contributed by atoms with Gasteiger partial charge in [-0.1, -0.05) is 23.8 Å².